The lowest BCUT2D eigenvalue weighted by Gasteiger charge is -2.37. The van der Waals surface area contributed by atoms with Crippen molar-refractivity contribution in [3.05, 3.63) is 0 Å². The molecule has 0 amide bonds. The van der Waals surface area contributed by atoms with Gasteiger partial charge in [-0.15, -0.1) is 0 Å². The monoisotopic (exact) mass is 213 g/mol. The Kier molecular flexibility index (Phi) is 4.58. The van der Waals surface area contributed by atoms with E-state index in [9.17, 15) is 4.79 Å². The third kappa shape index (κ3) is 3.49. The second kappa shape index (κ2) is 5.50. The van der Waals surface area contributed by atoms with E-state index in [1.54, 1.807) is 0 Å². The van der Waals surface area contributed by atoms with E-state index < -0.39 is 0 Å². The summed E-state index contributed by atoms with van der Waals surface area (Å²) >= 11 is 0. The molecule has 1 aliphatic heterocycles. The maximum absolute atomic E-state index is 11.6. The van der Waals surface area contributed by atoms with Crippen LogP contribution in [0.25, 0.3) is 0 Å². The summed E-state index contributed by atoms with van der Waals surface area (Å²) in [6.45, 7) is 10.8. The second-order valence-corrected chi connectivity index (χ2v) is 4.83. The molecule has 0 spiro atoms. The maximum atomic E-state index is 11.6. The van der Waals surface area contributed by atoms with Gasteiger partial charge in [-0.1, -0.05) is 13.8 Å². The molecule has 15 heavy (non-hydrogen) atoms. The zero-order chi connectivity index (χ0) is 11.4. The Morgan fingerprint density at radius 1 is 1.40 bits per heavy atom. The van der Waals surface area contributed by atoms with Crippen molar-refractivity contribution in [1.29, 1.82) is 0 Å². The summed E-state index contributed by atoms with van der Waals surface area (Å²) in [5.74, 6) is 1.29. The van der Waals surface area contributed by atoms with Gasteiger partial charge >= 0.3 is 5.97 Å². The smallest absolute Gasteiger partial charge is 0.323 e. The van der Waals surface area contributed by atoms with Gasteiger partial charge < -0.3 is 4.74 Å². The first-order valence-electron chi connectivity index (χ1n) is 5.95. The highest BCUT2D eigenvalue weighted by Gasteiger charge is 2.29. The topological polar surface area (TPSA) is 29.5 Å². The molecule has 0 N–H and O–H groups in total. The number of ether oxygens (including phenoxy) is 1. The lowest BCUT2D eigenvalue weighted by molar-refractivity contribution is -0.149. The molecule has 0 aromatic rings. The fraction of sp³-hybridized carbons (Fsp3) is 0.917. The van der Waals surface area contributed by atoms with Crippen molar-refractivity contribution in [3.8, 4) is 0 Å². The average molecular weight is 213 g/mol. The van der Waals surface area contributed by atoms with Gasteiger partial charge in [0, 0.05) is 13.1 Å². The Bertz CT molecular complexity index is 208. The van der Waals surface area contributed by atoms with Crippen molar-refractivity contribution in [2.45, 2.75) is 40.2 Å². The minimum Gasteiger partial charge on any atom is -0.465 e. The molecule has 1 aliphatic rings. The van der Waals surface area contributed by atoms with Crippen LogP contribution in [0, 0.1) is 11.8 Å². The van der Waals surface area contributed by atoms with E-state index in [4.69, 9.17) is 4.74 Å². The molecular weight excluding hydrogens is 190 g/mol. The Morgan fingerprint density at radius 2 is 1.93 bits per heavy atom. The number of carbonyl (C=O) groups excluding carboxylic acids is 1. The number of rotatable bonds is 3. The molecule has 0 aliphatic carbocycles. The highest BCUT2D eigenvalue weighted by Crippen LogP contribution is 2.22. The lowest BCUT2D eigenvalue weighted by Crippen LogP contribution is -2.47. The minimum absolute atomic E-state index is 0.0844. The lowest BCUT2D eigenvalue weighted by atomic mass is 9.91. The van der Waals surface area contributed by atoms with Crippen LogP contribution in [-0.2, 0) is 9.53 Å². The zero-order valence-electron chi connectivity index (χ0n) is 10.3. The van der Waals surface area contributed by atoms with Crippen molar-refractivity contribution >= 4 is 5.97 Å². The fourth-order valence-electron chi connectivity index (χ4n) is 2.44. The molecular formula is C12H23NO2. The van der Waals surface area contributed by atoms with E-state index in [2.05, 4.69) is 18.7 Å². The van der Waals surface area contributed by atoms with Crippen LogP contribution in [0.2, 0.25) is 0 Å². The number of esters is 1. The van der Waals surface area contributed by atoms with Gasteiger partial charge in [0.2, 0.25) is 0 Å². The van der Waals surface area contributed by atoms with E-state index in [0.717, 1.165) is 13.1 Å². The molecule has 0 saturated carbocycles. The average Bonchev–Trinajstić information content (AvgIpc) is 2.15. The zero-order valence-corrected chi connectivity index (χ0v) is 10.3. The van der Waals surface area contributed by atoms with Crippen molar-refractivity contribution < 1.29 is 9.53 Å². The van der Waals surface area contributed by atoms with Crippen LogP contribution in [0.5, 0.6) is 0 Å². The molecule has 1 saturated heterocycles. The molecule has 0 unspecified atom stereocenters. The van der Waals surface area contributed by atoms with Gasteiger partial charge in [0.15, 0.2) is 0 Å². The van der Waals surface area contributed by atoms with Gasteiger partial charge in [0.25, 0.3) is 0 Å². The third-order valence-electron chi connectivity index (χ3n) is 3.07. The molecule has 1 heterocycles. The summed E-state index contributed by atoms with van der Waals surface area (Å²) in [5.41, 5.74) is 0. The molecule has 0 aromatic heterocycles. The summed E-state index contributed by atoms with van der Waals surface area (Å²) in [7, 11) is 0. The van der Waals surface area contributed by atoms with Gasteiger partial charge in [0.1, 0.15) is 6.04 Å². The first-order valence-corrected chi connectivity index (χ1v) is 5.95. The largest absolute Gasteiger partial charge is 0.465 e. The summed E-state index contributed by atoms with van der Waals surface area (Å²) in [5, 5.41) is 0. The molecule has 1 rings (SSSR count). The Labute approximate surface area is 92.8 Å². The Morgan fingerprint density at radius 3 is 2.40 bits per heavy atom. The molecule has 0 radical (unpaired) electrons. The predicted molar refractivity (Wildman–Crippen MR) is 60.6 cm³/mol. The first kappa shape index (κ1) is 12.5. The molecule has 3 atom stereocenters. The number of nitrogens with zero attached hydrogens (tertiary/aromatic N) is 1. The number of hydrogen-bond acceptors (Lipinski definition) is 3. The Hall–Kier alpha value is -0.570. The number of carbonyl (C=O) groups is 1. The SMILES string of the molecule is CCOC(=O)[C@@H](C)N1C[C@H](C)C[C@@H](C)C1. The van der Waals surface area contributed by atoms with Crippen LogP contribution in [0.4, 0.5) is 0 Å². The van der Waals surface area contributed by atoms with Crippen LogP contribution < -0.4 is 0 Å². The van der Waals surface area contributed by atoms with Crippen molar-refractivity contribution in [3.63, 3.8) is 0 Å². The molecule has 3 nitrogen and oxygen atoms in total. The quantitative estimate of drug-likeness (QED) is 0.671. The van der Waals surface area contributed by atoms with Crippen LogP contribution in [0.1, 0.15) is 34.1 Å². The highest BCUT2D eigenvalue weighted by molar-refractivity contribution is 5.75. The van der Waals surface area contributed by atoms with Crippen molar-refractivity contribution in [2.24, 2.45) is 11.8 Å². The number of piperidine rings is 1. The molecule has 0 aromatic carbocycles. The van der Waals surface area contributed by atoms with Crippen LogP contribution >= 0.6 is 0 Å². The Balaban J connectivity index is 2.51. The second-order valence-electron chi connectivity index (χ2n) is 4.83. The van der Waals surface area contributed by atoms with Gasteiger partial charge in [-0.05, 0) is 32.1 Å². The summed E-state index contributed by atoms with van der Waals surface area (Å²) < 4.78 is 5.05. The maximum Gasteiger partial charge on any atom is 0.323 e. The van der Waals surface area contributed by atoms with Gasteiger partial charge in [-0.3, -0.25) is 9.69 Å². The van der Waals surface area contributed by atoms with E-state index in [1.165, 1.54) is 6.42 Å². The molecule has 88 valence electrons. The first-order chi connectivity index (χ1) is 7.04. The number of hydrogen-bond donors (Lipinski definition) is 0. The predicted octanol–water partition coefficient (Wildman–Crippen LogP) is 1.92. The highest BCUT2D eigenvalue weighted by atomic mass is 16.5. The molecule has 3 heteroatoms. The third-order valence-corrected chi connectivity index (χ3v) is 3.07. The van der Waals surface area contributed by atoms with Crippen LogP contribution in [-0.4, -0.2) is 36.6 Å². The van der Waals surface area contributed by atoms with Crippen LogP contribution in [0.3, 0.4) is 0 Å². The molecule has 1 fully saturated rings. The van der Waals surface area contributed by atoms with Crippen LogP contribution in [0.15, 0.2) is 0 Å². The molecule has 0 bridgehead atoms. The van der Waals surface area contributed by atoms with E-state index in [-0.39, 0.29) is 12.0 Å². The van der Waals surface area contributed by atoms with E-state index >= 15 is 0 Å². The van der Waals surface area contributed by atoms with Gasteiger partial charge in [-0.2, -0.15) is 0 Å². The summed E-state index contributed by atoms with van der Waals surface area (Å²) in [6.07, 6.45) is 1.27. The minimum atomic E-state index is -0.0878. The standard InChI is InChI=1S/C12H23NO2/c1-5-15-12(14)11(4)13-7-9(2)6-10(3)8-13/h9-11H,5-8H2,1-4H3/t9-,10-,11-/m1/s1. The van der Waals surface area contributed by atoms with E-state index in [1.807, 2.05) is 13.8 Å². The normalized spacial score (nSPS) is 29.9. The summed E-state index contributed by atoms with van der Waals surface area (Å²) in [6, 6.07) is -0.0878. The van der Waals surface area contributed by atoms with Gasteiger partial charge in [-0.25, -0.2) is 0 Å². The van der Waals surface area contributed by atoms with Crippen molar-refractivity contribution in [1.82, 2.24) is 4.90 Å². The van der Waals surface area contributed by atoms with Crippen molar-refractivity contribution in [2.75, 3.05) is 19.7 Å². The fourth-order valence-corrected chi connectivity index (χ4v) is 2.44. The number of likely N-dealkylation sites (tertiary alicyclic amines) is 1. The summed E-state index contributed by atoms with van der Waals surface area (Å²) in [4.78, 5) is 13.8. The van der Waals surface area contributed by atoms with E-state index in [0.29, 0.717) is 18.4 Å². The van der Waals surface area contributed by atoms with Gasteiger partial charge in [0.05, 0.1) is 6.61 Å².